The number of ketones is 1. The zero-order chi connectivity index (χ0) is 25.1. The third kappa shape index (κ3) is 5.03. The van der Waals surface area contributed by atoms with E-state index < -0.39 is 11.7 Å². The van der Waals surface area contributed by atoms with Crippen LogP contribution in [0, 0.1) is 0 Å². The van der Waals surface area contributed by atoms with Gasteiger partial charge in [-0.2, -0.15) is 13.2 Å². The number of rotatable bonds is 7. The summed E-state index contributed by atoms with van der Waals surface area (Å²) in [7, 11) is 0. The molecule has 0 aliphatic carbocycles. The van der Waals surface area contributed by atoms with E-state index in [1.54, 1.807) is 36.4 Å². The second kappa shape index (κ2) is 10.2. The van der Waals surface area contributed by atoms with Crippen molar-refractivity contribution in [3.63, 3.8) is 0 Å². The maximum atomic E-state index is 13.8. The van der Waals surface area contributed by atoms with Crippen LogP contribution in [0.5, 0.6) is 0 Å². The molecule has 36 heavy (non-hydrogen) atoms. The first-order chi connectivity index (χ1) is 17.4. The molecule has 7 heteroatoms. The van der Waals surface area contributed by atoms with Crippen molar-refractivity contribution in [1.29, 1.82) is 0 Å². The minimum absolute atomic E-state index is 0.175. The van der Waals surface area contributed by atoms with Crippen LogP contribution in [0.4, 0.5) is 13.2 Å². The van der Waals surface area contributed by atoms with E-state index in [2.05, 4.69) is 10.3 Å². The Bertz CT molecular complexity index is 1380. The van der Waals surface area contributed by atoms with E-state index in [9.17, 15) is 18.0 Å². The lowest BCUT2D eigenvalue weighted by Gasteiger charge is -2.17. The number of nitrogens with one attached hydrogen (secondary N) is 1. The highest BCUT2D eigenvalue weighted by Gasteiger charge is 2.34. The molecule has 1 fully saturated rings. The maximum Gasteiger partial charge on any atom is 0.418 e. The van der Waals surface area contributed by atoms with Gasteiger partial charge in [-0.1, -0.05) is 60.7 Å². The SMILES string of the molecule is O=C(c1ccccc1)c1cnc2c(C(F)(F)F)cccc2c1-c1cccc(CNCC2CCCO2)c1. The van der Waals surface area contributed by atoms with Gasteiger partial charge in [0, 0.05) is 48.0 Å². The van der Waals surface area contributed by atoms with E-state index in [-0.39, 0.29) is 28.4 Å². The number of hydrogen-bond acceptors (Lipinski definition) is 4. The molecule has 0 spiro atoms. The summed E-state index contributed by atoms with van der Waals surface area (Å²) in [5.74, 6) is -0.292. The van der Waals surface area contributed by atoms with E-state index in [0.717, 1.165) is 37.6 Å². The molecule has 1 aliphatic rings. The first kappa shape index (κ1) is 24.2. The molecule has 4 nitrogen and oxygen atoms in total. The molecule has 0 radical (unpaired) electrons. The normalized spacial score (nSPS) is 15.9. The third-order valence-electron chi connectivity index (χ3n) is 6.42. The minimum Gasteiger partial charge on any atom is -0.377 e. The van der Waals surface area contributed by atoms with Gasteiger partial charge in [-0.05, 0) is 36.1 Å². The highest BCUT2D eigenvalue weighted by Crippen LogP contribution is 2.39. The van der Waals surface area contributed by atoms with Crippen molar-refractivity contribution in [1.82, 2.24) is 10.3 Å². The number of benzene rings is 3. The zero-order valence-electron chi connectivity index (χ0n) is 19.5. The van der Waals surface area contributed by atoms with Gasteiger partial charge in [-0.25, -0.2) is 0 Å². The fourth-order valence-electron chi connectivity index (χ4n) is 4.70. The van der Waals surface area contributed by atoms with E-state index >= 15 is 0 Å². The summed E-state index contributed by atoms with van der Waals surface area (Å²) in [6.45, 7) is 2.09. The highest BCUT2D eigenvalue weighted by atomic mass is 19.4. The number of carbonyl (C=O) groups excluding carboxylic acids is 1. The Kier molecular flexibility index (Phi) is 6.85. The molecule has 1 atom stereocenters. The quantitative estimate of drug-likeness (QED) is 0.304. The topological polar surface area (TPSA) is 51.2 Å². The van der Waals surface area contributed by atoms with Gasteiger partial charge >= 0.3 is 6.18 Å². The Labute approximate surface area is 207 Å². The van der Waals surface area contributed by atoms with E-state index in [4.69, 9.17) is 4.74 Å². The molecule has 5 rings (SSSR count). The number of alkyl halides is 3. The first-order valence-electron chi connectivity index (χ1n) is 11.9. The van der Waals surface area contributed by atoms with Gasteiger partial charge < -0.3 is 10.1 Å². The second-order valence-electron chi connectivity index (χ2n) is 8.91. The standard InChI is InChI=1S/C29H25F3N2O2/c30-29(31,32)25-13-5-12-23-26(24(18-34-27(23)25)28(35)20-8-2-1-3-9-20)21-10-4-7-19(15-21)16-33-17-22-11-6-14-36-22/h1-5,7-10,12-13,15,18,22,33H,6,11,14,16-17H2. The van der Waals surface area contributed by atoms with Gasteiger partial charge in [0.25, 0.3) is 0 Å². The largest absolute Gasteiger partial charge is 0.418 e. The van der Waals surface area contributed by atoms with Crippen molar-refractivity contribution in [2.75, 3.05) is 13.2 Å². The molecule has 1 unspecified atom stereocenters. The van der Waals surface area contributed by atoms with Crippen LogP contribution in [0.3, 0.4) is 0 Å². The fraction of sp³-hybridized carbons (Fsp3) is 0.241. The number of aromatic nitrogens is 1. The number of ether oxygens (including phenoxy) is 1. The van der Waals surface area contributed by atoms with Crippen LogP contribution < -0.4 is 5.32 Å². The average Bonchev–Trinajstić information content (AvgIpc) is 3.41. The monoisotopic (exact) mass is 490 g/mol. The number of carbonyl (C=O) groups is 1. The Morgan fingerprint density at radius 2 is 1.83 bits per heavy atom. The predicted octanol–water partition coefficient (Wildman–Crippen LogP) is 6.42. The summed E-state index contributed by atoms with van der Waals surface area (Å²) in [5.41, 5.74) is 1.78. The lowest BCUT2D eigenvalue weighted by Crippen LogP contribution is -2.25. The van der Waals surface area contributed by atoms with E-state index in [1.807, 2.05) is 24.3 Å². The van der Waals surface area contributed by atoms with Gasteiger partial charge in [-0.3, -0.25) is 9.78 Å². The molecule has 1 aromatic heterocycles. The van der Waals surface area contributed by atoms with Crippen LogP contribution in [-0.2, 0) is 17.5 Å². The molecule has 0 bridgehead atoms. The Hall–Kier alpha value is -3.55. The lowest BCUT2D eigenvalue weighted by molar-refractivity contribution is -0.136. The van der Waals surface area contributed by atoms with Crippen molar-refractivity contribution in [2.45, 2.75) is 31.7 Å². The van der Waals surface area contributed by atoms with Crippen LogP contribution >= 0.6 is 0 Å². The molecule has 0 saturated carbocycles. The van der Waals surface area contributed by atoms with Crippen LogP contribution in [-0.4, -0.2) is 30.0 Å². The van der Waals surface area contributed by atoms with Crippen molar-refractivity contribution < 1.29 is 22.7 Å². The summed E-state index contributed by atoms with van der Waals surface area (Å²) < 4.78 is 47.0. The molecule has 2 heterocycles. The number of hydrogen-bond donors (Lipinski definition) is 1. The van der Waals surface area contributed by atoms with Crippen molar-refractivity contribution in [3.05, 3.63) is 101 Å². The van der Waals surface area contributed by atoms with Crippen molar-refractivity contribution in [3.8, 4) is 11.1 Å². The molecular formula is C29H25F3N2O2. The van der Waals surface area contributed by atoms with Crippen LogP contribution in [0.15, 0.2) is 79.0 Å². The van der Waals surface area contributed by atoms with Crippen LogP contribution in [0.2, 0.25) is 0 Å². The van der Waals surface area contributed by atoms with Crippen molar-refractivity contribution >= 4 is 16.7 Å². The van der Waals surface area contributed by atoms with Gasteiger partial charge in [-0.15, -0.1) is 0 Å². The maximum absolute atomic E-state index is 13.8. The van der Waals surface area contributed by atoms with E-state index in [1.165, 1.54) is 12.3 Å². The van der Waals surface area contributed by atoms with Gasteiger partial charge in [0.1, 0.15) is 0 Å². The number of para-hydroxylation sites is 1. The second-order valence-corrected chi connectivity index (χ2v) is 8.91. The van der Waals surface area contributed by atoms with Gasteiger partial charge in [0.2, 0.25) is 0 Å². The fourth-order valence-corrected chi connectivity index (χ4v) is 4.70. The Morgan fingerprint density at radius 3 is 2.58 bits per heavy atom. The van der Waals surface area contributed by atoms with Gasteiger partial charge in [0.15, 0.2) is 5.78 Å². The summed E-state index contributed by atoms with van der Waals surface area (Å²) in [4.78, 5) is 17.6. The van der Waals surface area contributed by atoms with E-state index in [0.29, 0.717) is 23.2 Å². The molecule has 0 amide bonds. The third-order valence-corrected chi connectivity index (χ3v) is 6.42. The first-order valence-corrected chi connectivity index (χ1v) is 11.9. The summed E-state index contributed by atoms with van der Waals surface area (Å²) in [6, 6.07) is 20.2. The number of pyridine rings is 1. The van der Waals surface area contributed by atoms with Gasteiger partial charge in [0.05, 0.1) is 17.2 Å². The Balaban J connectivity index is 1.60. The summed E-state index contributed by atoms with van der Waals surface area (Å²) >= 11 is 0. The minimum atomic E-state index is -4.57. The number of fused-ring (bicyclic) bond motifs is 1. The average molecular weight is 491 g/mol. The predicted molar refractivity (Wildman–Crippen MR) is 133 cm³/mol. The smallest absolute Gasteiger partial charge is 0.377 e. The molecule has 1 aliphatic heterocycles. The molecule has 3 aromatic carbocycles. The number of halogens is 3. The van der Waals surface area contributed by atoms with Crippen LogP contribution in [0.1, 0.15) is 39.9 Å². The molecular weight excluding hydrogens is 465 g/mol. The molecule has 4 aromatic rings. The molecule has 184 valence electrons. The number of nitrogens with zero attached hydrogens (tertiary/aromatic N) is 1. The Morgan fingerprint density at radius 1 is 1.03 bits per heavy atom. The zero-order valence-corrected chi connectivity index (χ0v) is 19.5. The summed E-state index contributed by atoms with van der Waals surface area (Å²) in [5, 5.41) is 3.69. The highest BCUT2D eigenvalue weighted by molar-refractivity contribution is 6.16. The summed E-state index contributed by atoms with van der Waals surface area (Å²) in [6.07, 6.45) is -1.00. The van der Waals surface area contributed by atoms with Crippen molar-refractivity contribution in [2.24, 2.45) is 0 Å². The molecule has 1 saturated heterocycles. The molecule has 1 N–H and O–H groups in total. The van der Waals surface area contributed by atoms with Crippen LogP contribution in [0.25, 0.3) is 22.0 Å². The lowest BCUT2D eigenvalue weighted by atomic mass is 9.90.